The summed E-state index contributed by atoms with van der Waals surface area (Å²) in [6.07, 6.45) is 1.04. The smallest absolute Gasteiger partial charge is 0.211 e. The Balaban J connectivity index is 2.25. The summed E-state index contributed by atoms with van der Waals surface area (Å²) in [5, 5.41) is 19.4. The summed E-state index contributed by atoms with van der Waals surface area (Å²) >= 11 is 0. The van der Waals surface area contributed by atoms with Crippen LogP contribution in [0.2, 0.25) is 0 Å². The normalized spacial score (nSPS) is 11.3. The van der Waals surface area contributed by atoms with Crippen molar-refractivity contribution in [1.82, 2.24) is 4.98 Å². The Bertz CT molecular complexity index is 1060. The van der Waals surface area contributed by atoms with Crippen molar-refractivity contribution in [2.24, 2.45) is 0 Å². The van der Waals surface area contributed by atoms with E-state index in [-0.39, 0.29) is 15.8 Å². The molecule has 5 nitrogen and oxygen atoms in total. The molecule has 0 fully saturated rings. The first-order valence-electron chi connectivity index (χ1n) is 6.46. The molecule has 3 aromatic rings. The lowest BCUT2D eigenvalue weighted by atomic mass is 10.1. The number of halogens is 1. The van der Waals surface area contributed by atoms with Crippen LogP contribution in [-0.4, -0.2) is 18.5 Å². The SMILES string of the molecule is N#Cc1ccc2ncc(S(=O)(=O)c3ccc(F)cc3)c(O)c2c1. The van der Waals surface area contributed by atoms with Gasteiger partial charge in [0.25, 0.3) is 0 Å². The minimum absolute atomic E-state index is 0.159. The van der Waals surface area contributed by atoms with Crippen molar-refractivity contribution in [1.29, 1.82) is 5.26 Å². The summed E-state index contributed by atoms with van der Waals surface area (Å²) in [5.41, 5.74) is 0.630. The van der Waals surface area contributed by atoms with Crippen molar-refractivity contribution >= 4 is 20.7 Å². The lowest BCUT2D eigenvalue weighted by molar-refractivity contribution is 0.464. The number of hydrogen-bond acceptors (Lipinski definition) is 5. The molecule has 23 heavy (non-hydrogen) atoms. The Morgan fingerprint density at radius 1 is 1.13 bits per heavy atom. The molecule has 0 aliphatic heterocycles. The summed E-state index contributed by atoms with van der Waals surface area (Å²) < 4.78 is 38.1. The van der Waals surface area contributed by atoms with E-state index in [0.717, 1.165) is 30.5 Å². The first kappa shape index (κ1) is 14.9. The van der Waals surface area contributed by atoms with Crippen LogP contribution in [0.1, 0.15) is 5.56 Å². The van der Waals surface area contributed by atoms with Gasteiger partial charge in [-0.25, -0.2) is 12.8 Å². The molecule has 2 aromatic carbocycles. The van der Waals surface area contributed by atoms with Gasteiger partial charge in [-0.1, -0.05) is 0 Å². The number of hydrogen-bond donors (Lipinski definition) is 1. The minimum Gasteiger partial charge on any atom is -0.506 e. The maximum absolute atomic E-state index is 13.0. The first-order chi connectivity index (χ1) is 10.9. The van der Waals surface area contributed by atoms with Crippen LogP contribution in [-0.2, 0) is 9.84 Å². The molecule has 7 heteroatoms. The Morgan fingerprint density at radius 2 is 1.83 bits per heavy atom. The molecule has 0 aliphatic carbocycles. The highest BCUT2D eigenvalue weighted by Gasteiger charge is 2.23. The van der Waals surface area contributed by atoms with Crippen molar-refractivity contribution in [3.63, 3.8) is 0 Å². The molecule has 0 saturated carbocycles. The number of nitrogens with zero attached hydrogens (tertiary/aromatic N) is 2. The van der Waals surface area contributed by atoms with Crippen LogP contribution < -0.4 is 0 Å². The number of sulfone groups is 1. The fourth-order valence-corrected chi connectivity index (χ4v) is 3.47. The number of nitriles is 1. The molecular weight excluding hydrogens is 319 g/mol. The van der Waals surface area contributed by atoms with Gasteiger partial charge in [-0.3, -0.25) is 4.98 Å². The third-order valence-electron chi connectivity index (χ3n) is 3.35. The molecule has 0 amide bonds. The highest BCUT2D eigenvalue weighted by Crippen LogP contribution is 2.34. The summed E-state index contributed by atoms with van der Waals surface area (Å²) in [5.74, 6) is -1.06. The molecule has 1 heterocycles. The van der Waals surface area contributed by atoms with Crippen LogP contribution in [0.3, 0.4) is 0 Å². The van der Waals surface area contributed by atoms with E-state index in [1.807, 2.05) is 6.07 Å². The predicted molar refractivity (Wildman–Crippen MR) is 80.0 cm³/mol. The van der Waals surface area contributed by atoms with Crippen molar-refractivity contribution in [2.45, 2.75) is 9.79 Å². The van der Waals surface area contributed by atoms with Crippen molar-refractivity contribution in [2.75, 3.05) is 0 Å². The number of aromatic hydroxyl groups is 1. The molecule has 0 saturated heterocycles. The van der Waals surface area contributed by atoms with Gasteiger partial charge in [0.2, 0.25) is 9.84 Å². The molecule has 3 rings (SSSR count). The summed E-state index contributed by atoms with van der Waals surface area (Å²) in [6.45, 7) is 0. The van der Waals surface area contributed by atoms with E-state index in [9.17, 15) is 17.9 Å². The van der Waals surface area contributed by atoms with Gasteiger partial charge >= 0.3 is 0 Å². The van der Waals surface area contributed by atoms with Crippen LogP contribution in [0.15, 0.2) is 58.5 Å². The van der Waals surface area contributed by atoms with E-state index in [1.54, 1.807) is 0 Å². The predicted octanol–water partition coefficient (Wildman–Crippen LogP) is 2.78. The molecule has 114 valence electrons. The van der Waals surface area contributed by atoms with E-state index >= 15 is 0 Å². The molecule has 0 bridgehead atoms. The van der Waals surface area contributed by atoms with E-state index in [1.165, 1.54) is 18.2 Å². The largest absolute Gasteiger partial charge is 0.506 e. The van der Waals surface area contributed by atoms with E-state index < -0.39 is 26.3 Å². The van der Waals surface area contributed by atoms with Gasteiger partial charge < -0.3 is 5.11 Å². The molecular formula is C16H9FN2O3S. The number of rotatable bonds is 2. The molecule has 0 radical (unpaired) electrons. The van der Waals surface area contributed by atoms with Crippen LogP contribution in [0.4, 0.5) is 4.39 Å². The van der Waals surface area contributed by atoms with E-state index in [2.05, 4.69) is 4.98 Å². The lowest BCUT2D eigenvalue weighted by Crippen LogP contribution is -2.03. The Morgan fingerprint density at radius 3 is 2.48 bits per heavy atom. The van der Waals surface area contributed by atoms with Gasteiger partial charge in [-0.15, -0.1) is 0 Å². The molecule has 1 aromatic heterocycles. The standard InChI is InChI=1S/C16H9FN2O3S/c17-11-2-4-12(5-3-11)23(21,22)15-9-19-14-6-1-10(8-18)7-13(14)16(15)20/h1-7,9H,(H,19,20). The summed E-state index contributed by atoms with van der Waals surface area (Å²) in [4.78, 5) is 3.45. The number of benzene rings is 2. The zero-order chi connectivity index (χ0) is 16.6. The van der Waals surface area contributed by atoms with Crippen LogP contribution >= 0.6 is 0 Å². The summed E-state index contributed by atoms with van der Waals surface area (Å²) in [6, 6.07) is 10.6. The monoisotopic (exact) mass is 328 g/mol. The lowest BCUT2D eigenvalue weighted by Gasteiger charge is -2.09. The summed E-state index contributed by atoms with van der Waals surface area (Å²) in [7, 11) is -4.06. The average molecular weight is 328 g/mol. The third kappa shape index (κ3) is 2.49. The second-order valence-electron chi connectivity index (χ2n) is 4.77. The van der Waals surface area contributed by atoms with Gasteiger partial charge in [0.1, 0.15) is 16.5 Å². The Labute approximate surface area is 131 Å². The maximum Gasteiger partial charge on any atom is 0.211 e. The number of aromatic nitrogens is 1. The van der Waals surface area contributed by atoms with Crippen LogP contribution in [0.5, 0.6) is 5.75 Å². The second-order valence-corrected chi connectivity index (χ2v) is 6.69. The molecule has 0 aliphatic rings. The van der Waals surface area contributed by atoms with E-state index in [0.29, 0.717) is 5.52 Å². The maximum atomic E-state index is 13.0. The Hall–Kier alpha value is -2.98. The molecule has 1 N–H and O–H groups in total. The number of fused-ring (bicyclic) bond motifs is 1. The quantitative estimate of drug-likeness (QED) is 0.730. The molecule has 0 unspecified atom stereocenters. The Kier molecular flexibility index (Phi) is 3.47. The fraction of sp³-hybridized carbons (Fsp3) is 0. The van der Waals surface area contributed by atoms with Crippen molar-refractivity contribution in [3.05, 3.63) is 60.0 Å². The minimum atomic E-state index is -4.06. The highest BCUT2D eigenvalue weighted by molar-refractivity contribution is 7.91. The van der Waals surface area contributed by atoms with Crippen molar-refractivity contribution < 1.29 is 17.9 Å². The van der Waals surface area contributed by atoms with Gasteiger partial charge in [-0.2, -0.15) is 5.26 Å². The zero-order valence-electron chi connectivity index (χ0n) is 11.6. The fourth-order valence-electron chi connectivity index (χ4n) is 2.17. The molecule has 0 spiro atoms. The van der Waals surface area contributed by atoms with E-state index in [4.69, 9.17) is 5.26 Å². The van der Waals surface area contributed by atoms with Crippen LogP contribution in [0.25, 0.3) is 10.9 Å². The molecule has 0 atom stereocenters. The zero-order valence-corrected chi connectivity index (χ0v) is 12.4. The third-order valence-corrected chi connectivity index (χ3v) is 5.12. The number of pyridine rings is 1. The first-order valence-corrected chi connectivity index (χ1v) is 7.94. The highest BCUT2D eigenvalue weighted by atomic mass is 32.2. The van der Waals surface area contributed by atoms with Gasteiger partial charge in [-0.05, 0) is 42.5 Å². The average Bonchev–Trinajstić information content (AvgIpc) is 2.55. The van der Waals surface area contributed by atoms with Gasteiger partial charge in [0.05, 0.1) is 28.2 Å². The van der Waals surface area contributed by atoms with Crippen molar-refractivity contribution in [3.8, 4) is 11.8 Å². The second kappa shape index (κ2) is 5.34. The van der Waals surface area contributed by atoms with Gasteiger partial charge in [0, 0.05) is 5.39 Å². The topological polar surface area (TPSA) is 91.0 Å². The van der Waals surface area contributed by atoms with Crippen LogP contribution in [0, 0.1) is 17.1 Å². The van der Waals surface area contributed by atoms with Gasteiger partial charge in [0.15, 0.2) is 0 Å².